The summed E-state index contributed by atoms with van der Waals surface area (Å²) in [6.45, 7) is 2.95. The molecule has 0 saturated heterocycles. The van der Waals surface area contributed by atoms with Crippen molar-refractivity contribution in [2.75, 3.05) is 6.54 Å². The van der Waals surface area contributed by atoms with Crippen LogP contribution in [0.5, 0.6) is 0 Å². The minimum absolute atomic E-state index is 0.345. The highest BCUT2D eigenvalue weighted by molar-refractivity contribution is 7.89. The summed E-state index contributed by atoms with van der Waals surface area (Å²) in [6, 6.07) is 6.97. The Morgan fingerprint density at radius 2 is 2.11 bits per heavy atom. The summed E-state index contributed by atoms with van der Waals surface area (Å²) in [6.07, 6.45) is 6.00. The summed E-state index contributed by atoms with van der Waals surface area (Å²) in [5, 5.41) is 0. The van der Waals surface area contributed by atoms with Gasteiger partial charge in [0.15, 0.2) is 0 Å². The van der Waals surface area contributed by atoms with Crippen LogP contribution in [0.15, 0.2) is 47.9 Å². The number of aryl methyl sites for hydroxylation is 2. The van der Waals surface area contributed by atoms with Crippen molar-refractivity contribution >= 4 is 10.0 Å². The summed E-state index contributed by atoms with van der Waals surface area (Å²) >= 11 is 0. The van der Waals surface area contributed by atoms with Crippen LogP contribution in [0.3, 0.4) is 0 Å². The van der Waals surface area contributed by atoms with Crippen LogP contribution in [0.4, 0.5) is 0 Å². The molecule has 0 aliphatic carbocycles. The Morgan fingerprint density at radius 3 is 2.79 bits per heavy atom. The summed E-state index contributed by atoms with van der Waals surface area (Å²) < 4.78 is 28.7. The van der Waals surface area contributed by atoms with E-state index in [9.17, 15) is 8.42 Å². The van der Waals surface area contributed by atoms with Gasteiger partial charge in [0, 0.05) is 25.5 Å². The van der Waals surface area contributed by atoms with E-state index in [1.165, 1.54) is 0 Å². The average Bonchev–Trinajstić information content (AvgIpc) is 2.88. The number of nitrogens with zero attached hydrogens (tertiary/aromatic N) is 2. The summed E-state index contributed by atoms with van der Waals surface area (Å²) in [7, 11) is -3.41. The van der Waals surface area contributed by atoms with Crippen LogP contribution < -0.4 is 4.72 Å². The van der Waals surface area contributed by atoms with Gasteiger partial charge < -0.3 is 4.57 Å². The van der Waals surface area contributed by atoms with Crippen LogP contribution in [0.25, 0.3) is 0 Å². The topological polar surface area (TPSA) is 64.0 Å². The highest BCUT2D eigenvalue weighted by Gasteiger charge is 2.14. The highest BCUT2D eigenvalue weighted by atomic mass is 32.2. The van der Waals surface area contributed by atoms with Gasteiger partial charge in [-0.3, -0.25) is 0 Å². The lowest BCUT2D eigenvalue weighted by Gasteiger charge is -2.09. The second-order valence-electron chi connectivity index (χ2n) is 4.32. The fourth-order valence-corrected chi connectivity index (χ4v) is 3.14. The molecular weight excluding hydrogens is 262 g/mol. The van der Waals surface area contributed by atoms with Crippen molar-refractivity contribution in [2.45, 2.75) is 24.8 Å². The molecular formula is C13H17N3O2S. The van der Waals surface area contributed by atoms with E-state index in [-0.39, 0.29) is 0 Å². The molecule has 0 atom stereocenters. The first-order chi connectivity index (χ1) is 9.09. The molecule has 0 saturated carbocycles. The predicted molar refractivity (Wildman–Crippen MR) is 73.2 cm³/mol. The minimum atomic E-state index is -3.41. The van der Waals surface area contributed by atoms with Crippen molar-refractivity contribution in [3.63, 3.8) is 0 Å². The fourth-order valence-electron chi connectivity index (χ4n) is 1.82. The Hall–Kier alpha value is -1.66. The highest BCUT2D eigenvalue weighted by Crippen LogP contribution is 2.13. The van der Waals surface area contributed by atoms with Crippen molar-refractivity contribution in [3.8, 4) is 0 Å². The van der Waals surface area contributed by atoms with Crippen molar-refractivity contribution in [2.24, 2.45) is 0 Å². The summed E-state index contributed by atoms with van der Waals surface area (Å²) in [5.74, 6) is 0. The van der Waals surface area contributed by atoms with Gasteiger partial charge in [-0.05, 0) is 25.0 Å². The molecule has 1 heterocycles. The SMILES string of the molecule is Cc1ccccc1S(=O)(=O)NCCCn1ccnc1. The van der Waals surface area contributed by atoms with Gasteiger partial charge in [-0.15, -0.1) is 0 Å². The molecule has 19 heavy (non-hydrogen) atoms. The van der Waals surface area contributed by atoms with Crippen LogP contribution in [0.1, 0.15) is 12.0 Å². The van der Waals surface area contributed by atoms with Gasteiger partial charge in [-0.2, -0.15) is 0 Å². The van der Waals surface area contributed by atoms with Crippen LogP contribution in [-0.4, -0.2) is 24.5 Å². The van der Waals surface area contributed by atoms with E-state index in [0.29, 0.717) is 11.4 Å². The maximum Gasteiger partial charge on any atom is 0.240 e. The molecule has 0 spiro atoms. The number of hydrogen-bond donors (Lipinski definition) is 1. The van der Waals surface area contributed by atoms with Crippen LogP contribution in [0, 0.1) is 6.92 Å². The Balaban J connectivity index is 1.90. The third-order valence-electron chi connectivity index (χ3n) is 2.83. The maximum absolute atomic E-state index is 12.1. The first kappa shape index (κ1) is 13.8. The number of sulfonamides is 1. The summed E-state index contributed by atoms with van der Waals surface area (Å²) in [4.78, 5) is 4.28. The smallest absolute Gasteiger partial charge is 0.240 e. The Bertz CT molecular complexity index is 621. The number of nitrogens with one attached hydrogen (secondary N) is 1. The summed E-state index contributed by atoms with van der Waals surface area (Å²) in [5.41, 5.74) is 0.754. The van der Waals surface area contributed by atoms with Crippen molar-refractivity contribution < 1.29 is 8.42 Å². The lowest BCUT2D eigenvalue weighted by Crippen LogP contribution is -2.26. The Morgan fingerprint density at radius 1 is 1.32 bits per heavy atom. The van der Waals surface area contributed by atoms with Gasteiger partial charge in [-0.25, -0.2) is 18.1 Å². The number of benzene rings is 1. The molecule has 0 aliphatic heterocycles. The number of hydrogen-bond acceptors (Lipinski definition) is 3. The molecule has 0 aliphatic rings. The molecule has 0 bridgehead atoms. The number of aromatic nitrogens is 2. The van der Waals surface area contributed by atoms with Gasteiger partial charge >= 0.3 is 0 Å². The molecule has 2 rings (SSSR count). The molecule has 6 heteroatoms. The first-order valence-corrected chi connectivity index (χ1v) is 7.59. The largest absolute Gasteiger partial charge is 0.337 e. The molecule has 0 fully saturated rings. The molecule has 102 valence electrons. The number of imidazole rings is 1. The van der Waals surface area contributed by atoms with E-state index in [4.69, 9.17) is 0 Å². The third-order valence-corrected chi connectivity index (χ3v) is 4.45. The quantitative estimate of drug-likeness (QED) is 0.816. The van der Waals surface area contributed by atoms with Gasteiger partial charge in [0.1, 0.15) is 0 Å². The van der Waals surface area contributed by atoms with Crippen LogP contribution >= 0.6 is 0 Å². The number of rotatable bonds is 6. The monoisotopic (exact) mass is 279 g/mol. The molecule has 1 aromatic carbocycles. The average molecular weight is 279 g/mol. The minimum Gasteiger partial charge on any atom is -0.337 e. The van der Waals surface area contributed by atoms with E-state index in [2.05, 4.69) is 9.71 Å². The zero-order valence-electron chi connectivity index (χ0n) is 10.8. The second-order valence-corrected chi connectivity index (χ2v) is 6.05. The van der Waals surface area contributed by atoms with E-state index in [1.807, 2.05) is 16.8 Å². The van der Waals surface area contributed by atoms with Gasteiger partial charge in [-0.1, -0.05) is 18.2 Å². The third kappa shape index (κ3) is 3.65. The second kappa shape index (κ2) is 5.99. The van der Waals surface area contributed by atoms with Crippen LogP contribution in [-0.2, 0) is 16.6 Å². The van der Waals surface area contributed by atoms with E-state index in [1.54, 1.807) is 37.6 Å². The molecule has 2 aromatic rings. The molecule has 1 N–H and O–H groups in total. The first-order valence-electron chi connectivity index (χ1n) is 6.10. The Kier molecular flexibility index (Phi) is 4.34. The Labute approximate surface area is 113 Å². The van der Waals surface area contributed by atoms with Crippen molar-refractivity contribution in [1.29, 1.82) is 0 Å². The van der Waals surface area contributed by atoms with Crippen LogP contribution in [0.2, 0.25) is 0 Å². The normalized spacial score (nSPS) is 11.6. The van der Waals surface area contributed by atoms with Gasteiger partial charge in [0.05, 0.1) is 11.2 Å². The van der Waals surface area contributed by atoms with Crippen molar-refractivity contribution in [3.05, 3.63) is 48.5 Å². The zero-order chi connectivity index (χ0) is 13.7. The van der Waals surface area contributed by atoms with E-state index in [0.717, 1.165) is 18.5 Å². The molecule has 0 amide bonds. The zero-order valence-corrected chi connectivity index (χ0v) is 11.6. The van der Waals surface area contributed by atoms with Gasteiger partial charge in [0.25, 0.3) is 0 Å². The van der Waals surface area contributed by atoms with Crippen molar-refractivity contribution in [1.82, 2.24) is 14.3 Å². The lowest BCUT2D eigenvalue weighted by molar-refractivity contribution is 0.569. The predicted octanol–water partition coefficient (Wildman–Crippen LogP) is 1.56. The lowest BCUT2D eigenvalue weighted by atomic mass is 10.2. The van der Waals surface area contributed by atoms with E-state index < -0.39 is 10.0 Å². The maximum atomic E-state index is 12.1. The molecule has 0 radical (unpaired) electrons. The fraction of sp³-hybridized carbons (Fsp3) is 0.308. The van der Waals surface area contributed by atoms with Gasteiger partial charge in [0.2, 0.25) is 10.0 Å². The standard InChI is InChI=1S/C13H17N3O2S/c1-12-5-2-3-6-13(12)19(17,18)15-7-4-9-16-10-8-14-11-16/h2-3,5-6,8,10-11,15H,4,7,9H2,1H3. The molecule has 5 nitrogen and oxygen atoms in total. The van der Waals surface area contributed by atoms with E-state index >= 15 is 0 Å². The molecule has 1 aromatic heterocycles. The molecule has 0 unspecified atom stereocenters.